The zero-order valence-electron chi connectivity index (χ0n) is 17.6. The van der Waals surface area contributed by atoms with Gasteiger partial charge >= 0.3 is 0 Å². The van der Waals surface area contributed by atoms with Gasteiger partial charge in [0.25, 0.3) is 0 Å². The van der Waals surface area contributed by atoms with Gasteiger partial charge < -0.3 is 4.74 Å². The van der Waals surface area contributed by atoms with Crippen LogP contribution in [0.15, 0.2) is 54.9 Å². The quantitative estimate of drug-likeness (QED) is 0.297. The second kappa shape index (κ2) is 9.80. The minimum atomic E-state index is -0.948. The summed E-state index contributed by atoms with van der Waals surface area (Å²) in [6.07, 6.45) is 4.09. The molecule has 3 aromatic carbocycles. The zero-order chi connectivity index (χ0) is 23.4. The number of benzene rings is 3. The van der Waals surface area contributed by atoms with Crippen molar-refractivity contribution in [3.8, 4) is 11.8 Å². The molecule has 0 amide bonds. The molecule has 0 bridgehead atoms. The van der Waals surface area contributed by atoms with E-state index in [9.17, 15) is 17.6 Å². The van der Waals surface area contributed by atoms with Crippen LogP contribution in [0.1, 0.15) is 28.1 Å². The van der Waals surface area contributed by atoms with E-state index in [4.69, 9.17) is 4.74 Å². The predicted octanol–water partition coefficient (Wildman–Crippen LogP) is 5.52. The monoisotopic (exact) mass is 450 g/mol. The fraction of sp³-hybridized carbons (Fsp3) is 0.154. The largest absolute Gasteiger partial charge is 0.380 e. The van der Waals surface area contributed by atoms with E-state index in [-0.39, 0.29) is 10.9 Å². The van der Waals surface area contributed by atoms with Gasteiger partial charge in [0.1, 0.15) is 17.5 Å². The lowest BCUT2D eigenvalue weighted by Gasteiger charge is -2.05. The minimum Gasteiger partial charge on any atom is -0.380 e. The molecule has 4 rings (SSSR count). The maximum Gasteiger partial charge on any atom is 0.166 e. The number of nitrogens with zero attached hydrogens (tertiary/aromatic N) is 2. The number of aromatic nitrogens is 2. The third-order valence-electron chi connectivity index (χ3n) is 5.05. The highest BCUT2D eigenvalue weighted by molar-refractivity contribution is 5.84. The van der Waals surface area contributed by atoms with Crippen molar-refractivity contribution in [2.45, 2.75) is 19.4 Å². The molecular formula is C26H18F4N2O. The van der Waals surface area contributed by atoms with Gasteiger partial charge in [-0.15, -0.1) is 0 Å². The number of methoxy groups -OCH3 is 1. The van der Waals surface area contributed by atoms with Crippen LogP contribution in [-0.4, -0.2) is 17.1 Å². The second-order valence-electron chi connectivity index (χ2n) is 7.42. The smallest absolute Gasteiger partial charge is 0.166 e. The maximum atomic E-state index is 14.5. The summed E-state index contributed by atoms with van der Waals surface area (Å²) in [5, 5.41) is 0.550. The SMILES string of the molecule is COCc1cnc(CCc2cc(F)c(C#Cc3ccc4c(F)c(F)ccc4c3)c(F)c2)nc1. The predicted molar refractivity (Wildman–Crippen MR) is 116 cm³/mol. The first-order valence-electron chi connectivity index (χ1n) is 10.1. The highest BCUT2D eigenvalue weighted by Crippen LogP contribution is 2.22. The van der Waals surface area contributed by atoms with Gasteiger partial charge in [-0.3, -0.25) is 0 Å². The van der Waals surface area contributed by atoms with E-state index in [0.29, 0.717) is 41.8 Å². The molecule has 0 spiro atoms. The van der Waals surface area contributed by atoms with E-state index in [2.05, 4.69) is 21.8 Å². The van der Waals surface area contributed by atoms with Gasteiger partial charge in [0, 0.05) is 42.4 Å². The Kier molecular flexibility index (Phi) is 6.66. The summed E-state index contributed by atoms with van der Waals surface area (Å²) in [5.41, 5.74) is 1.36. The number of halogens is 4. The Morgan fingerprint density at radius 2 is 1.52 bits per heavy atom. The zero-order valence-corrected chi connectivity index (χ0v) is 17.6. The molecule has 3 nitrogen and oxygen atoms in total. The summed E-state index contributed by atoms with van der Waals surface area (Å²) in [6.45, 7) is 0.411. The van der Waals surface area contributed by atoms with Gasteiger partial charge in [0.05, 0.1) is 12.2 Å². The second-order valence-corrected chi connectivity index (χ2v) is 7.42. The molecule has 0 fully saturated rings. The molecule has 1 aromatic heterocycles. The number of aryl methyl sites for hydroxylation is 2. The van der Waals surface area contributed by atoms with E-state index in [1.165, 1.54) is 36.4 Å². The fourth-order valence-corrected chi connectivity index (χ4v) is 3.38. The Morgan fingerprint density at radius 3 is 2.21 bits per heavy atom. The number of hydrogen-bond acceptors (Lipinski definition) is 3. The molecule has 0 aliphatic rings. The van der Waals surface area contributed by atoms with Gasteiger partial charge in [-0.2, -0.15) is 0 Å². The molecule has 0 unspecified atom stereocenters. The molecule has 0 saturated heterocycles. The fourth-order valence-electron chi connectivity index (χ4n) is 3.38. The number of rotatable bonds is 5. The lowest BCUT2D eigenvalue weighted by atomic mass is 10.0. The molecular weight excluding hydrogens is 432 g/mol. The van der Waals surface area contributed by atoms with Crippen LogP contribution in [0.25, 0.3) is 10.8 Å². The van der Waals surface area contributed by atoms with Crippen molar-refractivity contribution in [1.29, 1.82) is 0 Å². The van der Waals surface area contributed by atoms with Crippen LogP contribution < -0.4 is 0 Å². The Hall–Kier alpha value is -3.76. The third-order valence-corrected chi connectivity index (χ3v) is 5.05. The first-order valence-corrected chi connectivity index (χ1v) is 10.1. The van der Waals surface area contributed by atoms with Crippen molar-refractivity contribution < 1.29 is 22.3 Å². The molecule has 7 heteroatoms. The molecule has 0 aliphatic heterocycles. The summed E-state index contributed by atoms with van der Waals surface area (Å²) in [5.74, 6) is 2.31. The molecule has 0 aliphatic carbocycles. The first kappa shape index (κ1) is 22.4. The van der Waals surface area contributed by atoms with E-state index in [1.54, 1.807) is 19.5 Å². The van der Waals surface area contributed by atoms with Gasteiger partial charge in [-0.05, 0) is 47.7 Å². The summed E-state index contributed by atoms with van der Waals surface area (Å²) < 4.78 is 61.3. The number of ether oxygens (including phenoxy) is 1. The van der Waals surface area contributed by atoms with Crippen molar-refractivity contribution in [1.82, 2.24) is 9.97 Å². The lowest BCUT2D eigenvalue weighted by Crippen LogP contribution is -2.01. The van der Waals surface area contributed by atoms with Crippen molar-refractivity contribution in [2.24, 2.45) is 0 Å². The van der Waals surface area contributed by atoms with Crippen LogP contribution in [-0.2, 0) is 24.2 Å². The highest BCUT2D eigenvalue weighted by Gasteiger charge is 2.11. The van der Waals surface area contributed by atoms with Crippen LogP contribution in [0.5, 0.6) is 0 Å². The third kappa shape index (κ3) is 5.18. The topological polar surface area (TPSA) is 35.0 Å². The van der Waals surface area contributed by atoms with Gasteiger partial charge in [0.15, 0.2) is 11.6 Å². The summed E-state index contributed by atoms with van der Waals surface area (Å²) in [4.78, 5) is 8.45. The summed E-state index contributed by atoms with van der Waals surface area (Å²) in [7, 11) is 1.58. The Labute approximate surface area is 188 Å². The van der Waals surface area contributed by atoms with Crippen molar-refractivity contribution in [3.05, 3.63) is 106 Å². The normalized spacial score (nSPS) is 10.8. The van der Waals surface area contributed by atoms with E-state index in [0.717, 1.165) is 11.6 Å². The first-order chi connectivity index (χ1) is 15.9. The Morgan fingerprint density at radius 1 is 0.788 bits per heavy atom. The number of hydrogen-bond donors (Lipinski definition) is 0. The van der Waals surface area contributed by atoms with E-state index >= 15 is 0 Å². The maximum absolute atomic E-state index is 14.5. The standard InChI is InChI=1S/C26H18F4N2O/c1-33-15-18-13-31-25(32-14-18)9-4-17-11-23(28)21(24(29)12-17)7-3-16-2-6-20-19(10-16)5-8-22(27)26(20)30/h2,5-6,8,10-14H,4,9,15H2,1H3. The summed E-state index contributed by atoms with van der Waals surface area (Å²) >= 11 is 0. The highest BCUT2D eigenvalue weighted by atomic mass is 19.2. The van der Waals surface area contributed by atoms with Crippen molar-refractivity contribution in [3.63, 3.8) is 0 Å². The van der Waals surface area contributed by atoms with Gasteiger partial charge in [0.2, 0.25) is 0 Å². The average molecular weight is 450 g/mol. The van der Waals surface area contributed by atoms with Crippen LogP contribution in [0, 0.1) is 35.1 Å². The molecule has 0 N–H and O–H groups in total. The Balaban J connectivity index is 1.50. The van der Waals surface area contributed by atoms with Crippen LogP contribution in [0.4, 0.5) is 17.6 Å². The molecule has 166 valence electrons. The van der Waals surface area contributed by atoms with Crippen molar-refractivity contribution in [2.75, 3.05) is 7.11 Å². The van der Waals surface area contributed by atoms with Gasteiger partial charge in [-0.1, -0.05) is 24.0 Å². The number of fused-ring (bicyclic) bond motifs is 1. The molecule has 0 saturated carbocycles. The van der Waals surface area contributed by atoms with Crippen molar-refractivity contribution >= 4 is 10.8 Å². The average Bonchev–Trinajstić information content (AvgIpc) is 2.81. The van der Waals surface area contributed by atoms with E-state index in [1.807, 2.05) is 0 Å². The van der Waals surface area contributed by atoms with Crippen LogP contribution in [0.3, 0.4) is 0 Å². The molecule has 1 heterocycles. The van der Waals surface area contributed by atoms with Gasteiger partial charge in [-0.25, -0.2) is 27.5 Å². The Bertz CT molecular complexity index is 1350. The lowest BCUT2D eigenvalue weighted by molar-refractivity contribution is 0.184. The van der Waals surface area contributed by atoms with Crippen LogP contribution >= 0.6 is 0 Å². The van der Waals surface area contributed by atoms with Crippen LogP contribution in [0.2, 0.25) is 0 Å². The summed E-state index contributed by atoms with van der Waals surface area (Å²) in [6, 6.07) is 9.32. The molecule has 0 radical (unpaired) electrons. The molecule has 4 aromatic rings. The molecule has 33 heavy (non-hydrogen) atoms. The van der Waals surface area contributed by atoms with E-state index < -0.39 is 23.3 Å². The minimum absolute atomic E-state index is 0.111. The molecule has 0 atom stereocenters.